The Morgan fingerprint density at radius 3 is 0.835 bits per heavy atom. The number of aliphatic hydroxyl groups excluding tert-OH is 2. The number of esters is 1. The number of carbonyl (C=O) groups excluding carboxylic acids is 2. The third-order valence-electron chi connectivity index (χ3n) is 18.8. The fourth-order valence-corrected chi connectivity index (χ4v) is 12.8. The number of amides is 1. The number of hydrogen-bond donors (Lipinski definition) is 3. The van der Waals surface area contributed by atoms with Crippen molar-refractivity contribution in [2.45, 2.75) is 469 Å². The van der Waals surface area contributed by atoms with Crippen molar-refractivity contribution < 1.29 is 24.5 Å². The summed E-state index contributed by atoms with van der Waals surface area (Å²) in [5.74, 6) is -0.00177. The molecule has 0 bridgehead atoms. The van der Waals surface area contributed by atoms with Crippen LogP contribution in [-0.4, -0.2) is 47.4 Å². The average Bonchev–Trinajstić information content (AvgIpc) is 3.51. The van der Waals surface area contributed by atoms with Crippen LogP contribution in [0.2, 0.25) is 0 Å². The van der Waals surface area contributed by atoms with Crippen molar-refractivity contribution in [1.82, 2.24) is 5.32 Å². The lowest BCUT2D eigenvalue weighted by Crippen LogP contribution is -2.45. The van der Waals surface area contributed by atoms with Gasteiger partial charge in [0.1, 0.15) is 0 Å². The van der Waals surface area contributed by atoms with E-state index in [1.54, 1.807) is 0 Å². The summed E-state index contributed by atoms with van der Waals surface area (Å²) in [5, 5.41) is 23.4. The molecule has 0 aromatic carbocycles. The van der Waals surface area contributed by atoms with Crippen LogP contribution in [0.25, 0.3) is 0 Å². The Hall–Kier alpha value is -1.40. The van der Waals surface area contributed by atoms with Gasteiger partial charge in [0.2, 0.25) is 5.91 Å². The molecule has 0 aliphatic carbocycles. The third kappa shape index (κ3) is 71.6. The molecule has 1 amide bonds. The predicted molar refractivity (Wildman–Crippen MR) is 375 cm³/mol. The minimum absolute atomic E-state index is 0.0254. The molecule has 2 unspecified atom stereocenters. The highest BCUT2D eigenvalue weighted by atomic mass is 16.5. The quantitative estimate of drug-likeness (QED) is 0.0320. The first-order valence-corrected chi connectivity index (χ1v) is 39.4. The number of unbranched alkanes of at least 4 members (excludes halogenated alkanes) is 62. The summed E-state index contributed by atoms with van der Waals surface area (Å²) < 4.78 is 5.51. The Morgan fingerprint density at radius 2 is 0.553 bits per heavy atom. The number of aliphatic hydroxyl groups is 2. The van der Waals surface area contributed by atoms with E-state index in [0.717, 1.165) is 38.5 Å². The highest BCUT2D eigenvalue weighted by molar-refractivity contribution is 5.76. The monoisotopic (exact) mass is 1200 g/mol. The smallest absolute Gasteiger partial charge is 0.305 e. The number of ether oxygens (including phenoxy) is 1. The second kappa shape index (κ2) is 75.1. The fraction of sp³-hybridized carbons (Fsp3) is 0.949. The summed E-state index contributed by atoms with van der Waals surface area (Å²) in [6.45, 7) is 5.01. The van der Waals surface area contributed by atoms with Crippen LogP contribution in [0.15, 0.2) is 12.2 Å². The normalized spacial score (nSPS) is 12.5. The Bertz CT molecular complexity index is 1290. The molecule has 0 spiro atoms. The maximum absolute atomic E-state index is 12.5. The number of rotatable bonds is 75. The summed E-state index contributed by atoms with van der Waals surface area (Å²) in [6.07, 6.45) is 94.5. The summed E-state index contributed by atoms with van der Waals surface area (Å²) in [7, 11) is 0. The Labute approximate surface area is 533 Å². The molecule has 0 aromatic rings. The summed E-state index contributed by atoms with van der Waals surface area (Å²) in [4.78, 5) is 24.6. The number of hydrogen-bond acceptors (Lipinski definition) is 5. The molecular weight excluding hydrogens is 1040 g/mol. The molecule has 0 radical (unpaired) electrons. The second-order valence-corrected chi connectivity index (χ2v) is 27.4. The summed E-state index contributed by atoms with van der Waals surface area (Å²) in [5.41, 5.74) is 0. The third-order valence-corrected chi connectivity index (χ3v) is 18.8. The first kappa shape index (κ1) is 83.6. The Balaban J connectivity index is 3.32. The molecule has 6 nitrogen and oxygen atoms in total. The topological polar surface area (TPSA) is 95.9 Å². The van der Waals surface area contributed by atoms with Gasteiger partial charge < -0.3 is 20.3 Å². The maximum Gasteiger partial charge on any atom is 0.305 e. The number of carbonyl (C=O) groups is 2. The second-order valence-electron chi connectivity index (χ2n) is 27.4. The van der Waals surface area contributed by atoms with Crippen LogP contribution in [0.5, 0.6) is 0 Å². The molecule has 85 heavy (non-hydrogen) atoms. The lowest BCUT2D eigenvalue weighted by molar-refractivity contribution is -0.143. The van der Waals surface area contributed by atoms with Gasteiger partial charge in [-0.1, -0.05) is 405 Å². The molecule has 0 saturated carbocycles. The van der Waals surface area contributed by atoms with Gasteiger partial charge >= 0.3 is 5.97 Å². The van der Waals surface area contributed by atoms with Crippen LogP contribution < -0.4 is 5.32 Å². The molecule has 506 valence electrons. The lowest BCUT2D eigenvalue weighted by atomic mass is 10.0. The minimum Gasteiger partial charge on any atom is -0.466 e. The molecule has 0 aliphatic rings. The van der Waals surface area contributed by atoms with E-state index in [0.29, 0.717) is 25.9 Å². The van der Waals surface area contributed by atoms with Crippen molar-refractivity contribution in [3.05, 3.63) is 12.2 Å². The number of allylic oxidation sites excluding steroid dienone is 2. The molecule has 0 aliphatic heterocycles. The highest BCUT2D eigenvalue weighted by Crippen LogP contribution is 2.20. The zero-order chi connectivity index (χ0) is 61.3. The van der Waals surface area contributed by atoms with Crippen LogP contribution in [0, 0.1) is 0 Å². The molecule has 0 rings (SSSR count). The largest absolute Gasteiger partial charge is 0.466 e. The Kier molecular flexibility index (Phi) is 73.8. The zero-order valence-corrected chi connectivity index (χ0v) is 58.1. The van der Waals surface area contributed by atoms with E-state index in [1.807, 2.05) is 0 Å². The van der Waals surface area contributed by atoms with Gasteiger partial charge in [-0.2, -0.15) is 0 Å². The average molecular weight is 1200 g/mol. The lowest BCUT2D eigenvalue weighted by Gasteiger charge is -2.22. The summed E-state index contributed by atoms with van der Waals surface area (Å²) >= 11 is 0. The van der Waals surface area contributed by atoms with Crippen LogP contribution >= 0.6 is 0 Å². The van der Waals surface area contributed by atoms with Crippen LogP contribution in [0.4, 0.5) is 0 Å². The van der Waals surface area contributed by atoms with Crippen molar-refractivity contribution in [2.24, 2.45) is 0 Å². The van der Waals surface area contributed by atoms with Gasteiger partial charge in [0.05, 0.1) is 25.4 Å². The van der Waals surface area contributed by atoms with Crippen molar-refractivity contribution in [3.8, 4) is 0 Å². The zero-order valence-electron chi connectivity index (χ0n) is 58.1. The first-order chi connectivity index (χ1) is 42.0. The van der Waals surface area contributed by atoms with Gasteiger partial charge in [-0.3, -0.25) is 9.59 Å². The van der Waals surface area contributed by atoms with Gasteiger partial charge in [0, 0.05) is 12.8 Å². The SMILES string of the molecule is CCCCCCCCCCCCCCCCCCCC(=O)OCCCCCCCCCCCCCCCC/C=C\CCCCCCCCCCCCCCCCCCCC(=O)NC(CO)C(O)CCCCCCCCCCCCCCCCCC. The highest BCUT2D eigenvalue weighted by Gasteiger charge is 2.20. The molecule has 6 heteroatoms. The molecule has 0 heterocycles. The molecule has 0 aromatic heterocycles. The molecule has 3 N–H and O–H groups in total. The first-order valence-electron chi connectivity index (χ1n) is 39.4. The molecule has 0 saturated heterocycles. The van der Waals surface area contributed by atoms with E-state index in [9.17, 15) is 19.8 Å². The minimum atomic E-state index is -0.661. The standard InChI is InChI=1S/C79H155NO5/c1-3-5-7-9-11-13-15-17-19-40-45-49-53-57-61-65-69-73-79(84)85-74-70-66-62-58-54-50-46-42-39-37-35-33-31-29-27-25-23-21-22-24-26-28-30-32-34-36-38-41-44-48-52-56-60-64-68-72-78(83)80-76(75-81)77(82)71-67-63-59-55-51-47-43-20-18-16-14-12-10-8-6-4-2/h23,25,76-77,81-82H,3-22,24,26-75H2,1-2H3,(H,80,83)/b25-23-. The molecule has 2 atom stereocenters. The van der Waals surface area contributed by atoms with E-state index >= 15 is 0 Å². The van der Waals surface area contributed by atoms with Gasteiger partial charge in [0.25, 0.3) is 0 Å². The predicted octanol–water partition coefficient (Wildman–Crippen LogP) is 25.9. The van der Waals surface area contributed by atoms with E-state index in [1.165, 1.54) is 385 Å². The van der Waals surface area contributed by atoms with E-state index in [4.69, 9.17) is 4.74 Å². The molecular formula is C79H155NO5. The van der Waals surface area contributed by atoms with Crippen LogP contribution in [0.3, 0.4) is 0 Å². The van der Waals surface area contributed by atoms with Gasteiger partial charge in [-0.25, -0.2) is 0 Å². The van der Waals surface area contributed by atoms with Crippen molar-refractivity contribution in [1.29, 1.82) is 0 Å². The fourth-order valence-electron chi connectivity index (χ4n) is 12.8. The van der Waals surface area contributed by atoms with E-state index in [2.05, 4.69) is 31.3 Å². The van der Waals surface area contributed by atoms with E-state index in [-0.39, 0.29) is 18.5 Å². The van der Waals surface area contributed by atoms with Crippen LogP contribution in [0.1, 0.15) is 457 Å². The van der Waals surface area contributed by atoms with Gasteiger partial charge in [-0.05, 0) is 51.4 Å². The van der Waals surface area contributed by atoms with Crippen LogP contribution in [-0.2, 0) is 14.3 Å². The number of nitrogens with one attached hydrogen (secondary N) is 1. The van der Waals surface area contributed by atoms with Crippen molar-refractivity contribution in [2.75, 3.05) is 13.2 Å². The van der Waals surface area contributed by atoms with Crippen molar-refractivity contribution in [3.63, 3.8) is 0 Å². The van der Waals surface area contributed by atoms with Gasteiger partial charge in [-0.15, -0.1) is 0 Å². The maximum atomic E-state index is 12.5. The van der Waals surface area contributed by atoms with Crippen molar-refractivity contribution >= 4 is 11.9 Å². The van der Waals surface area contributed by atoms with Gasteiger partial charge in [0.15, 0.2) is 0 Å². The summed E-state index contributed by atoms with van der Waals surface area (Å²) in [6, 6.07) is -0.538. The Morgan fingerprint density at radius 1 is 0.318 bits per heavy atom. The molecule has 0 fully saturated rings. The van der Waals surface area contributed by atoms with E-state index < -0.39 is 12.1 Å².